The molecule has 2 nitrogen and oxygen atoms in total. The summed E-state index contributed by atoms with van der Waals surface area (Å²) in [5, 5.41) is 10.00. The summed E-state index contributed by atoms with van der Waals surface area (Å²) in [6.45, 7) is 1.57. The van der Waals surface area contributed by atoms with Crippen molar-refractivity contribution in [3.63, 3.8) is 0 Å². The van der Waals surface area contributed by atoms with Crippen LogP contribution in [0.1, 0.15) is 18.1 Å². The lowest BCUT2D eigenvalue weighted by Gasteiger charge is -2.16. The van der Waals surface area contributed by atoms with E-state index in [0.717, 1.165) is 12.1 Å². The van der Waals surface area contributed by atoms with Crippen molar-refractivity contribution < 1.29 is 18.3 Å². The van der Waals surface area contributed by atoms with Crippen molar-refractivity contribution in [3.8, 4) is 0 Å². The summed E-state index contributed by atoms with van der Waals surface area (Å²) >= 11 is 5.07. The van der Waals surface area contributed by atoms with Crippen molar-refractivity contribution >= 4 is 23.0 Å². The van der Waals surface area contributed by atoms with Gasteiger partial charge in [0.2, 0.25) is 0 Å². The Labute approximate surface area is 115 Å². The number of halogens is 3. The molecule has 104 valence electrons. The van der Waals surface area contributed by atoms with Gasteiger partial charge in [-0.15, -0.1) is 0 Å². The number of nitrogens with zero attached hydrogens (tertiary/aromatic N) is 1. The summed E-state index contributed by atoms with van der Waals surface area (Å²) in [5.74, 6) is -0.246. The van der Waals surface area contributed by atoms with Crippen molar-refractivity contribution in [2.75, 3.05) is 14.1 Å². The Hall–Kier alpha value is -1.56. The molecule has 0 radical (unpaired) electrons. The molecule has 0 aliphatic carbocycles. The van der Waals surface area contributed by atoms with Gasteiger partial charge in [-0.2, -0.15) is 13.2 Å². The number of likely N-dealkylation sites (N-methyl/N-ethyl adjacent to an activating group) is 1. The second-order valence-corrected chi connectivity index (χ2v) is 4.64. The van der Waals surface area contributed by atoms with Gasteiger partial charge in [0.1, 0.15) is 10.7 Å². The molecule has 0 aliphatic rings. The highest BCUT2D eigenvalue weighted by molar-refractivity contribution is 7.80. The molecule has 0 spiro atoms. The molecule has 0 heterocycles. The van der Waals surface area contributed by atoms with Gasteiger partial charge in [0.15, 0.2) is 0 Å². The highest BCUT2D eigenvalue weighted by atomic mass is 32.1. The molecule has 0 unspecified atom stereocenters. The average Bonchev–Trinajstić information content (AvgIpc) is 2.35. The highest BCUT2D eigenvalue weighted by Crippen LogP contribution is 2.31. The molecular formula is C13H14F3NOS. The van der Waals surface area contributed by atoms with Gasteiger partial charge in [-0.25, -0.2) is 0 Å². The van der Waals surface area contributed by atoms with Crippen LogP contribution >= 0.6 is 12.2 Å². The van der Waals surface area contributed by atoms with E-state index in [1.54, 1.807) is 25.9 Å². The number of hydrogen-bond acceptors (Lipinski definition) is 2. The van der Waals surface area contributed by atoms with Gasteiger partial charge in [-0.3, -0.25) is 0 Å². The second-order valence-electron chi connectivity index (χ2n) is 4.25. The lowest BCUT2D eigenvalue weighted by atomic mass is 10.1. The van der Waals surface area contributed by atoms with Crippen LogP contribution in [-0.2, 0) is 6.18 Å². The van der Waals surface area contributed by atoms with Gasteiger partial charge in [0.05, 0.1) is 5.56 Å². The van der Waals surface area contributed by atoms with Crippen LogP contribution in [-0.4, -0.2) is 29.1 Å². The molecule has 0 saturated carbocycles. The van der Waals surface area contributed by atoms with E-state index in [-0.39, 0.29) is 11.3 Å². The van der Waals surface area contributed by atoms with E-state index in [0.29, 0.717) is 10.6 Å². The largest absolute Gasteiger partial charge is 0.507 e. The monoisotopic (exact) mass is 289 g/mol. The van der Waals surface area contributed by atoms with Crippen molar-refractivity contribution in [2.45, 2.75) is 13.1 Å². The Kier molecular flexibility index (Phi) is 4.57. The Morgan fingerprint density at radius 2 is 1.84 bits per heavy atom. The van der Waals surface area contributed by atoms with Crippen molar-refractivity contribution in [1.82, 2.24) is 4.90 Å². The number of aliphatic hydroxyl groups excluding tert-OH is 1. The van der Waals surface area contributed by atoms with Gasteiger partial charge in [0, 0.05) is 25.2 Å². The second kappa shape index (κ2) is 5.61. The third kappa shape index (κ3) is 3.70. The zero-order valence-corrected chi connectivity index (χ0v) is 11.6. The van der Waals surface area contributed by atoms with E-state index in [1.165, 1.54) is 12.1 Å². The first-order valence-electron chi connectivity index (χ1n) is 5.43. The molecular weight excluding hydrogens is 275 g/mol. The number of hydrogen-bond donors (Lipinski definition) is 1. The van der Waals surface area contributed by atoms with E-state index in [2.05, 4.69) is 0 Å². The van der Waals surface area contributed by atoms with E-state index < -0.39 is 11.7 Å². The summed E-state index contributed by atoms with van der Waals surface area (Å²) < 4.78 is 37.8. The summed E-state index contributed by atoms with van der Waals surface area (Å²) in [5.41, 5.74) is -0.351. The minimum Gasteiger partial charge on any atom is -0.507 e. The summed E-state index contributed by atoms with van der Waals surface area (Å²) in [6.07, 6.45) is -4.44. The highest BCUT2D eigenvalue weighted by Gasteiger charge is 2.30. The lowest BCUT2D eigenvalue weighted by molar-refractivity contribution is -0.137. The van der Waals surface area contributed by atoms with Gasteiger partial charge in [-0.1, -0.05) is 24.4 Å². The molecule has 0 saturated heterocycles. The molecule has 0 aliphatic heterocycles. The molecule has 0 bridgehead atoms. The molecule has 1 aromatic carbocycles. The van der Waals surface area contributed by atoms with Crippen LogP contribution in [0.3, 0.4) is 0 Å². The predicted octanol–water partition coefficient (Wildman–Crippen LogP) is 3.88. The maximum absolute atomic E-state index is 12.6. The molecule has 19 heavy (non-hydrogen) atoms. The Bertz CT molecular complexity index is 521. The molecule has 0 aromatic heterocycles. The van der Waals surface area contributed by atoms with Gasteiger partial charge < -0.3 is 10.0 Å². The van der Waals surface area contributed by atoms with E-state index >= 15 is 0 Å². The SMILES string of the molecule is CC(C(=S)N(C)C)=C(O)c1cccc(C(F)(F)F)c1. The Morgan fingerprint density at radius 1 is 1.26 bits per heavy atom. The Balaban J connectivity index is 3.24. The molecule has 0 amide bonds. The number of alkyl halides is 3. The standard InChI is InChI=1S/C13H14F3NOS/c1-8(12(19)17(2)3)11(18)9-5-4-6-10(7-9)13(14,15)16/h4-7,18H,1-3H3. The first kappa shape index (κ1) is 15.5. The summed E-state index contributed by atoms with van der Waals surface area (Å²) in [6, 6.07) is 4.51. The molecule has 0 atom stereocenters. The first-order chi connectivity index (χ1) is 8.64. The van der Waals surface area contributed by atoms with E-state index in [9.17, 15) is 18.3 Å². The molecule has 1 rings (SSSR count). The normalized spacial score (nSPS) is 12.9. The van der Waals surface area contributed by atoms with Crippen molar-refractivity contribution in [2.24, 2.45) is 0 Å². The zero-order chi connectivity index (χ0) is 14.8. The summed E-state index contributed by atoms with van der Waals surface area (Å²) in [4.78, 5) is 1.98. The van der Waals surface area contributed by atoms with Crippen LogP contribution < -0.4 is 0 Å². The first-order valence-corrected chi connectivity index (χ1v) is 5.84. The third-order valence-electron chi connectivity index (χ3n) is 2.55. The van der Waals surface area contributed by atoms with Crippen LogP contribution in [0.15, 0.2) is 29.8 Å². The maximum atomic E-state index is 12.6. The quantitative estimate of drug-likeness (QED) is 0.508. The number of rotatable bonds is 2. The lowest BCUT2D eigenvalue weighted by Crippen LogP contribution is -2.21. The maximum Gasteiger partial charge on any atom is 0.416 e. The number of thiocarbonyl (C=S) groups is 1. The smallest absolute Gasteiger partial charge is 0.416 e. The van der Waals surface area contributed by atoms with Crippen LogP contribution in [0, 0.1) is 0 Å². The van der Waals surface area contributed by atoms with E-state index in [1.807, 2.05) is 0 Å². The van der Waals surface area contributed by atoms with Crippen LogP contribution in [0.2, 0.25) is 0 Å². The zero-order valence-electron chi connectivity index (χ0n) is 10.7. The fraction of sp³-hybridized carbons (Fsp3) is 0.308. The molecule has 1 N–H and O–H groups in total. The van der Waals surface area contributed by atoms with Gasteiger partial charge in [-0.05, 0) is 19.1 Å². The van der Waals surface area contributed by atoms with E-state index in [4.69, 9.17) is 12.2 Å². The summed E-state index contributed by atoms with van der Waals surface area (Å²) in [7, 11) is 3.40. The van der Waals surface area contributed by atoms with Gasteiger partial charge >= 0.3 is 6.18 Å². The molecule has 0 fully saturated rings. The van der Waals surface area contributed by atoms with Gasteiger partial charge in [0.25, 0.3) is 0 Å². The van der Waals surface area contributed by atoms with Crippen molar-refractivity contribution in [3.05, 3.63) is 41.0 Å². The van der Waals surface area contributed by atoms with Crippen molar-refractivity contribution in [1.29, 1.82) is 0 Å². The average molecular weight is 289 g/mol. The fourth-order valence-corrected chi connectivity index (χ4v) is 1.59. The number of aliphatic hydroxyl groups is 1. The third-order valence-corrected chi connectivity index (χ3v) is 3.22. The predicted molar refractivity (Wildman–Crippen MR) is 73.0 cm³/mol. The Morgan fingerprint density at radius 3 is 2.32 bits per heavy atom. The minimum absolute atomic E-state index is 0.0940. The number of benzene rings is 1. The topological polar surface area (TPSA) is 23.5 Å². The van der Waals surface area contributed by atoms with Crippen LogP contribution in [0.5, 0.6) is 0 Å². The van der Waals surface area contributed by atoms with Crippen LogP contribution in [0.25, 0.3) is 5.76 Å². The van der Waals surface area contributed by atoms with Crippen LogP contribution in [0.4, 0.5) is 13.2 Å². The molecule has 6 heteroatoms. The molecule has 1 aromatic rings. The fourth-order valence-electron chi connectivity index (χ4n) is 1.50. The minimum atomic E-state index is -4.44.